The molecule has 11 aromatic rings. The summed E-state index contributed by atoms with van der Waals surface area (Å²) in [5, 5.41) is 8.46. The van der Waals surface area contributed by atoms with Gasteiger partial charge in [0, 0.05) is 70.1 Å². The Morgan fingerprint density at radius 3 is 2.14 bits per heavy atom. The Balaban J connectivity index is 1.20. The Labute approximate surface area is 287 Å². The maximum absolute atomic E-state index is 5.13. The maximum Gasteiger partial charge on any atom is 0.160 e. The molecule has 0 N–H and O–H groups in total. The van der Waals surface area contributed by atoms with E-state index in [1.54, 1.807) is 17.7 Å². The third-order valence-electron chi connectivity index (χ3n) is 9.57. The van der Waals surface area contributed by atoms with Crippen molar-refractivity contribution in [3.63, 3.8) is 0 Å². The van der Waals surface area contributed by atoms with Gasteiger partial charge in [-0.3, -0.25) is 0 Å². The van der Waals surface area contributed by atoms with Crippen LogP contribution in [0.3, 0.4) is 0 Å². The summed E-state index contributed by atoms with van der Waals surface area (Å²) in [6, 6.07) is 44.9. The number of fused-ring (bicyclic) bond motifs is 13. The lowest BCUT2D eigenvalue weighted by Gasteiger charge is -2.12. The first-order valence-corrected chi connectivity index (χ1v) is 17.8. The van der Waals surface area contributed by atoms with Crippen molar-refractivity contribution in [1.29, 1.82) is 0 Å². The van der Waals surface area contributed by atoms with Crippen molar-refractivity contribution in [2.45, 2.75) is 0 Å². The number of hydrogen-bond acceptors (Lipinski definition) is 6. The lowest BCUT2D eigenvalue weighted by atomic mass is 10.0. The van der Waals surface area contributed by atoms with Crippen LogP contribution in [0, 0.1) is 0 Å². The molecule has 228 valence electrons. The fourth-order valence-electron chi connectivity index (χ4n) is 7.46. The molecule has 0 fully saturated rings. The first kappa shape index (κ1) is 27.0. The summed E-state index contributed by atoms with van der Waals surface area (Å²) in [5.74, 6) is 0.714. The average molecular weight is 662 g/mol. The van der Waals surface area contributed by atoms with Crippen molar-refractivity contribution in [3.05, 3.63) is 140 Å². The highest BCUT2D eigenvalue weighted by Crippen LogP contribution is 2.51. The first-order valence-electron chi connectivity index (χ1n) is 16.1. The smallest absolute Gasteiger partial charge is 0.160 e. The molecule has 0 aliphatic heterocycles. The molecule has 7 heteroatoms. The molecular formula is C42H23N5S2. The maximum atomic E-state index is 5.13. The third-order valence-corrected chi connectivity index (χ3v) is 11.9. The molecule has 0 atom stereocenters. The second-order valence-electron chi connectivity index (χ2n) is 12.3. The van der Waals surface area contributed by atoms with Crippen molar-refractivity contribution >= 4 is 95.9 Å². The van der Waals surface area contributed by atoms with Gasteiger partial charge in [0.1, 0.15) is 11.2 Å². The van der Waals surface area contributed by atoms with Crippen LogP contribution >= 0.6 is 22.7 Å². The molecule has 0 amide bonds. The molecule has 0 bridgehead atoms. The van der Waals surface area contributed by atoms with E-state index in [-0.39, 0.29) is 0 Å². The van der Waals surface area contributed by atoms with E-state index >= 15 is 0 Å². The number of benzene rings is 6. The molecule has 5 nitrogen and oxygen atoms in total. The van der Waals surface area contributed by atoms with Crippen LogP contribution in [0.15, 0.2) is 140 Å². The minimum absolute atomic E-state index is 0.714. The highest BCUT2D eigenvalue weighted by atomic mass is 32.1. The second kappa shape index (κ2) is 10.2. The Hall–Kier alpha value is -6.02. The summed E-state index contributed by atoms with van der Waals surface area (Å²) >= 11 is 3.63. The quantitative estimate of drug-likeness (QED) is 0.189. The van der Waals surface area contributed by atoms with Crippen LogP contribution in [0.5, 0.6) is 0 Å². The number of rotatable bonds is 3. The van der Waals surface area contributed by atoms with Crippen LogP contribution in [-0.2, 0) is 0 Å². The molecule has 5 heterocycles. The minimum Gasteiger partial charge on any atom is -0.308 e. The van der Waals surface area contributed by atoms with Gasteiger partial charge in [-0.15, -0.1) is 22.7 Å². The zero-order valence-electron chi connectivity index (χ0n) is 25.8. The van der Waals surface area contributed by atoms with E-state index in [4.69, 9.17) is 15.0 Å². The second-order valence-corrected chi connectivity index (χ2v) is 14.3. The molecule has 0 saturated carbocycles. The monoisotopic (exact) mass is 661 g/mol. The molecule has 6 aromatic carbocycles. The molecule has 0 radical (unpaired) electrons. The largest absolute Gasteiger partial charge is 0.308 e. The molecule has 49 heavy (non-hydrogen) atoms. The third kappa shape index (κ3) is 3.85. The zero-order valence-corrected chi connectivity index (χ0v) is 27.5. The Morgan fingerprint density at radius 1 is 0.531 bits per heavy atom. The Bertz CT molecular complexity index is 3100. The van der Waals surface area contributed by atoms with Crippen LogP contribution in [0.25, 0.3) is 102 Å². The minimum atomic E-state index is 0.714. The van der Waals surface area contributed by atoms with Crippen molar-refractivity contribution in [2.75, 3.05) is 0 Å². The van der Waals surface area contributed by atoms with Crippen LogP contribution < -0.4 is 0 Å². The highest BCUT2D eigenvalue weighted by molar-refractivity contribution is 7.29. The normalized spacial score (nSPS) is 12.1. The van der Waals surface area contributed by atoms with Gasteiger partial charge in [-0.2, -0.15) is 0 Å². The lowest BCUT2D eigenvalue weighted by Crippen LogP contribution is -1.97. The van der Waals surface area contributed by atoms with E-state index in [1.807, 2.05) is 35.7 Å². The summed E-state index contributed by atoms with van der Waals surface area (Å²) in [6.45, 7) is 0. The van der Waals surface area contributed by atoms with Gasteiger partial charge in [-0.25, -0.2) is 19.9 Å². The summed E-state index contributed by atoms with van der Waals surface area (Å²) in [4.78, 5) is 20.3. The summed E-state index contributed by atoms with van der Waals surface area (Å²) in [7, 11) is 0. The topological polar surface area (TPSA) is 56.5 Å². The fourth-order valence-corrected chi connectivity index (χ4v) is 9.89. The Kier molecular flexibility index (Phi) is 5.64. The molecule has 0 spiro atoms. The van der Waals surface area contributed by atoms with Gasteiger partial charge in [0.15, 0.2) is 5.82 Å². The van der Waals surface area contributed by atoms with Crippen LogP contribution in [-0.4, -0.2) is 24.5 Å². The predicted octanol–water partition coefficient (Wildman–Crippen LogP) is 11.6. The van der Waals surface area contributed by atoms with Gasteiger partial charge in [0.05, 0.1) is 26.9 Å². The van der Waals surface area contributed by atoms with Crippen molar-refractivity contribution in [3.8, 4) is 28.3 Å². The van der Waals surface area contributed by atoms with Crippen molar-refractivity contribution in [1.82, 2.24) is 24.5 Å². The van der Waals surface area contributed by atoms with Crippen LogP contribution in [0.1, 0.15) is 0 Å². The molecule has 0 saturated heterocycles. The van der Waals surface area contributed by atoms with Crippen molar-refractivity contribution < 1.29 is 0 Å². The van der Waals surface area contributed by atoms with E-state index < -0.39 is 0 Å². The van der Waals surface area contributed by atoms with E-state index in [0.717, 1.165) is 43.6 Å². The van der Waals surface area contributed by atoms with Crippen LogP contribution in [0.4, 0.5) is 0 Å². The van der Waals surface area contributed by atoms with Gasteiger partial charge in [-0.05, 0) is 42.5 Å². The summed E-state index contributed by atoms with van der Waals surface area (Å²) in [6.07, 6.45) is 3.64. The molecule has 11 rings (SSSR count). The van der Waals surface area contributed by atoms with E-state index in [2.05, 4.69) is 119 Å². The van der Waals surface area contributed by atoms with E-state index in [9.17, 15) is 0 Å². The predicted molar refractivity (Wildman–Crippen MR) is 206 cm³/mol. The molecule has 0 aliphatic rings. The summed E-state index contributed by atoms with van der Waals surface area (Å²) in [5.41, 5.74) is 7.43. The van der Waals surface area contributed by atoms with Gasteiger partial charge in [0.25, 0.3) is 0 Å². The van der Waals surface area contributed by atoms with E-state index in [0.29, 0.717) is 5.82 Å². The first-order chi connectivity index (χ1) is 24.3. The fraction of sp³-hybridized carbons (Fsp3) is 0. The summed E-state index contributed by atoms with van der Waals surface area (Å²) < 4.78 is 6.25. The van der Waals surface area contributed by atoms with Crippen LogP contribution in [0.2, 0.25) is 0 Å². The van der Waals surface area contributed by atoms with Gasteiger partial charge in [-0.1, -0.05) is 84.9 Å². The molecule has 0 aliphatic carbocycles. The van der Waals surface area contributed by atoms with Gasteiger partial charge < -0.3 is 4.57 Å². The zero-order chi connectivity index (χ0) is 32.1. The highest BCUT2D eigenvalue weighted by Gasteiger charge is 2.24. The van der Waals surface area contributed by atoms with Gasteiger partial charge >= 0.3 is 0 Å². The molecule has 5 aromatic heterocycles. The number of nitrogens with zero attached hydrogens (tertiary/aromatic N) is 5. The van der Waals surface area contributed by atoms with Crippen molar-refractivity contribution in [2.24, 2.45) is 0 Å². The number of para-hydroxylation sites is 2. The lowest BCUT2D eigenvalue weighted by molar-refractivity contribution is 1.18. The average Bonchev–Trinajstić information content (AvgIpc) is 3.85. The standard InChI is InChI=1S/C42H23N5S2/c1-2-10-24(11-3-1)37-27-12-4-7-15-31(27)45-41(46-37)25-18-20-26(21-19-25)47-32-16-8-5-13-28(32)36-38(47)40-34(29-14-6-9-17-33(29)48-40)35-30-22-43-23-44-42(30)49-39(35)36/h1-23H. The number of thiophene rings is 2. The number of aromatic nitrogens is 5. The molecular weight excluding hydrogens is 639 g/mol. The SMILES string of the molecule is c1ccc(-c2nc(-c3ccc(-n4c5ccccc5c5c6sc7ncncc7c6c6c7ccccc7sc6c54)cc3)nc3ccccc23)cc1. The number of hydrogen-bond donors (Lipinski definition) is 0. The van der Waals surface area contributed by atoms with Gasteiger partial charge in [0.2, 0.25) is 0 Å². The Morgan fingerprint density at radius 2 is 1.27 bits per heavy atom. The molecule has 0 unspecified atom stereocenters. The van der Waals surface area contributed by atoms with E-state index in [1.165, 1.54) is 52.1 Å².